The van der Waals surface area contributed by atoms with Crippen LogP contribution in [0.15, 0.2) is 54.6 Å². The predicted molar refractivity (Wildman–Crippen MR) is 128 cm³/mol. The fourth-order valence-corrected chi connectivity index (χ4v) is 4.36. The van der Waals surface area contributed by atoms with Crippen LogP contribution in [0, 0.1) is 11.8 Å². The van der Waals surface area contributed by atoms with Crippen molar-refractivity contribution >= 4 is 23.8 Å². The van der Waals surface area contributed by atoms with Gasteiger partial charge < -0.3 is 14.2 Å². The van der Waals surface area contributed by atoms with Crippen molar-refractivity contribution in [2.24, 2.45) is 11.8 Å². The molecule has 0 radical (unpaired) electrons. The summed E-state index contributed by atoms with van der Waals surface area (Å²) >= 11 is 0. The maximum Gasteiger partial charge on any atom is 0.410 e. The molecular formula is C27H31NO7. The Hall–Kier alpha value is -3.68. The molecule has 1 saturated heterocycles. The van der Waals surface area contributed by atoms with Crippen molar-refractivity contribution in [2.45, 2.75) is 39.3 Å². The molecule has 1 aliphatic rings. The van der Waals surface area contributed by atoms with E-state index in [1.165, 1.54) is 12.0 Å². The van der Waals surface area contributed by atoms with Crippen molar-refractivity contribution in [3.8, 4) is 0 Å². The van der Waals surface area contributed by atoms with Gasteiger partial charge in [0.1, 0.15) is 12.6 Å². The van der Waals surface area contributed by atoms with E-state index in [0.717, 1.165) is 17.5 Å². The van der Waals surface area contributed by atoms with Crippen molar-refractivity contribution in [1.29, 1.82) is 0 Å². The molecule has 35 heavy (non-hydrogen) atoms. The number of ketones is 1. The van der Waals surface area contributed by atoms with Gasteiger partial charge in [0, 0.05) is 23.9 Å². The van der Waals surface area contributed by atoms with Crippen molar-refractivity contribution in [3.05, 3.63) is 71.3 Å². The molecule has 8 heteroatoms. The van der Waals surface area contributed by atoms with Crippen LogP contribution < -0.4 is 0 Å². The first-order valence-electron chi connectivity index (χ1n) is 11.7. The zero-order valence-electron chi connectivity index (χ0n) is 20.3. The van der Waals surface area contributed by atoms with Crippen LogP contribution in [0.5, 0.6) is 0 Å². The number of ether oxygens (including phenoxy) is 3. The highest BCUT2D eigenvalue weighted by molar-refractivity contribution is 6.00. The van der Waals surface area contributed by atoms with Crippen molar-refractivity contribution < 1.29 is 33.4 Å². The van der Waals surface area contributed by atoms with Gasteiger partial charge in [-0.1, -0.05) is 61.5 Å². The highest BCUT2D eigenvalue weighted by Crippen LogP contribution is 2.36. The number of esters is 2. The second kappa shape index (κ2) is 12.1. The number of nitrogens with zero attached hydrogens (tertiary/aromatic N) is 1. The highest BCUT2D eigenvalue weighted by Gasteiger charge is 2.52. The lowest BCUT2D eigenvalue weighted by molar-refractivity contribution is -0.150. The quantitative estimate of drug-likeness (QED) is 0.305. The van der Waals surface area contributed by atoms with Gasteiger partial charge in [0.05, 0.1) is 20.1 Å². The molecule has 1 fully saturated rings. The average Bonchev–Trinajstić information content (AvgIpc) is 3.26. The van der Waals surface area contributed by atoms with Gasteiger partial charge >= 0.3 is 18.0 Å². The lowest BCUT2D eigenvalue weighted by Crippen LogP contribution is -2.45. The highest BCUT2D eigenvalue weighted by atomic mass is 16.6. The minimum atomic E-state index is -1.15. The molecule has 0 unspecified atom stereocenters. The van der Waals surface area contributed by atoms with Gasteiger partial charge in [0.2, 0.25) is 0 Å². The van der Waals surface area contributed by atoms with Crippen LogP contribution in [0.4, 0.5) is 4.79 Å². The summed E-state index contributed by atoms with van der Waals surface area (Å²) in [5.74, 6) is -3.14. The maximum absolute atomic E-state index is 13.5. The molecule has 2 aromatic rings. The standard InChI is InChI=1S/C27H31NO7/c1-4-18-11-13-20(14-12-18)25(30)22-16-28(27(32)35-17-19-9-7-6-8-10-19)24(26(31)34-5-2)21(22)15-23(29)33-3/h6-14,21-22,24H,4-5,15-17H2,1-3H3/t21-,22-,24-/m0/s1. The van der Waals surface area contributed by atoms with Crippen molar-refractivity contribution in [1.82, 2.24) is 4.90 Å². The van der Waals surface area contributed by atoms with E-state index in [1.807, 2.05) is 49.4 Å². The van der Waals surface area contributed by atoms with Crippen LogP contribution >= 0.6 is 0 Å². The molecule has 1 aliphatic heterocycles. The van der Waals surface area contributed by atoms with Gasteiger partial charge in [-0.3, -0.25) is 14.5 Å². The number of carbonyl (C=O) groups excluding carboxylic acids is 4. The third kappa shape index (κ3) is 6.26. The predicted octanol–water partition coefficient (Wildman–Crippen LogP) is 3.81. The van der Waals surface area contributed by atoms with Crippen LogP contribution in [-0.2, 0) is 36.8 Å². The second-order valence-corrected chi connectivity index (χ2v) is 8.35. The molecule has 1 heterocycles. The van der Waals surface area contributed by atoms with Crippen molar-refractivity contribution in [3.63, 3.8) is 0 Å². The molecule has 8 nitrogen and oxygen atoms in total. The first-order chi connectivity index (χ1) is 16.9. The number of aryl methyl sites for hydroxylation is 1. The number of hydrogen-bond donors (Lipinski definition) is 0. The Bertz CT molecular complexity index is 1040. The van der Waals surface area contributed by atoms with Gasteiger partial charge in [-0.2, -0.15) is 0 Å². The van der Waals surface area contributed by atoms with E-state index < -0.39 is 35.9 Å². The minimum absolute atomic E-state index is 0.00444. The summed E-state index contributed by atoms with van der Waals surface area (Å²) in [4.78, 5) is 53.0. The smallest absolute Gasteiger partial charge is 0.410 e. The molecule has 186 valence electrons. The Morgan fingerprint density at radius 2 is 1.60 bits per heavy atom. The van der Waals surface area contributed by atoms with Crippen LogP contribution in [-0.4, -0.2) is 55.0 Å². The van der Waals surface area contributed by atoms with E-state index in [4.69, 9.17) is 14.2 Å². The number of methoxy groups -OCH3 is 1. The van der Waals surface area contributed by atoms with E-state index in [9.17, 15) is 19.2 Å². The Morgan fingerprint density at radius 1 is 0.914 bits per heavy atom. The third-order valence-electron chi connectivity index (χ3n) is 6.23. The average molecular weight is 482 g/mol. The van der Waals surface area contributed by atoms with Crippen LogP contribution in [0.3, 0.4) is 0 Å². The molecule has 0 spiro atoms. The molecule has 2 aromatic carbocycles. The lowest BCUT2D eigenvalue weighted by Gasteiger charge is -2.25. The van der Waals surface area contributed by atoms with E-state index in [-0.39, 0.29) is 32.0 Å². The normalized spacial score (nSPS) is 19.2. The summed E-state index contributed by atoms with van der Waals surface area (Å²) in [6, 6.07) is 15.2. The molecule has 0 N–H and O–H groups in total. The summed E-state index contributed by atoms with van der Waals surface area (Å²) in [5, 5.41) is 0. The Balaban J connectivity index is 1.91. The topological polar surface area (TPSA) is 99.2 Å². The number of amides is 1. The first kappa shape index (κ1) is 25.9. The molecule has 0 aromatic heterocycles. The van der Waals surface area contributed by atoms with Crippen LogP contribution in [0.2, 0.25) is 0 Å². The Kier molecular flexibility index (Phi) is 9.00. The lowest BCUT2D eigenvalue weighted by atomic mass is 9.82. The van der Waals surface area contributed by atoms with E-state index in [0.29, 0.717) is 5.56 Å². The van der Waals surface area contributed by atoms with Gasteiger partial charge in [-0.15, -0.1) is 0 Å². The minimum Gasteiger partial charge on any atom is -0.469 e. The molecule has 0 aliphatic carbocycles. The second-order valence-electron chi connectivity index (χ2n) is 8.35. The SMILES string of the molecule is CCOC(=O)[C@@H]1[C@@H](CC(=O)OC)[C@@H](C(=O)c2ccc(CC)cc2)CN1C(=O)OCc1ccccc1. The molecule has 0 bridgehead atoms. The summed E-state index contributed by atoms with van der Waals surface area (Å²) in [7, 11) is 1.24. The van der Waals surface area contributed by atoms with Gasteiger partial charge in [-0.25, -0.2) is 9.59 Å². The number of benzene rings is 2. The molecule has 3 atom stereocenters. The molecular weight excluding hydrogens is 450 g/mol. The zero-order chi connectivity index (χ0) is 25.4. The van der Waals surface area contributed by atoms with E-state index in [1.54, 1.807) is 19.1 Å². The first-order valence-corrected chi connectivity index (χ1v) is 11.7. The van der Waals surface area contributed by atoms with Crippen LogP contribution in [0.1, 0.15) is 41.8 Å². The number of carbonyl (C=O) groups is 4. The molecule has 3 rings (SSSR count). The molecule has 0 saturated carbocycles. The van der Waals surface area contributed by atoms with Gasteiger partial charge in [-0.05, 0) is 24.5 Å². The summed E-state index contributed by atoms with van der Waals surface area (Å²) in [6.45, 7) is 3.68. The summed E-state index contributed by atoms with van der Waals surface area (Å²) in [6.07, 6.45) is -0.140. The Morgan fingerprint density at radius 3 is 2.20 bits per heavy atom. The number of likely N-dealkylation sites (tertiary alicyclic amines) is 1. The number of Topliss-reactive ketones (excluding diaryl/α,β-unsaturated/α-hetero) is 1. The third-order valence-corrected chi connectivity index (χ3v) is 6.23. The molecule has 1 amide bonds. The number of hydrogen-bond acceptors (Lipinski definition) is 7. The van der Waals surface area contributed by atoms with Gasteiger partial charge in [0.15, 0.2) is 5.78 Å². The monoisotopic (exact) mass is 481 g/mol. The fraction of sp³-hybridized carbons (Fsp3) is 0.407. The van der Waals surface area contributed by atoms with Crippen LogP contribution in [0.25, 0.3) is 0 Å². The Labute approximate surface area is 205 Å². The summed E-state index contributed by atoms with van der Waals surface area (Å²) in [5.41, 5.74) is 2.31. The number of rotatable bonds is 9. The summed E-state index contributed by atoms with van der Waals surface area (Å²) < 4.78 is 15.5. The van der Waals surface area contributed by atoms with E-state index in [2.05, 4.69) is 0 Å². The maximum atomic E-state index is 13.5. The van der Waals surface area contributed by atoms with E-state index >= 15 is 0 Å². The van der Waals surface area contributed by atoms with Crippen molar-refractivity contribution in [2.75, 3.05) is 20.3 Å². The zero-order valence-corrected chi connectivity index (χ0v) is 20.3. The largest absolute Gasteiger partial charge is 0.469 e. The fourth-order valence-electron chi connectivity index (χ4n) is 4.36. The van der Waals surface area contributed by atoms with Gasteiger partial charge in [0.25, 0.3) is 0 Å².